The number of rotatable bonds is 3. The summed E-state index contributed by atoms with van der Waals surface area (Å²) in [6.07, 6.45) is 6.31. The summed E-state index contributed by atoms with van der Waals surface area (Å²) in [5, 5.41) is 8.75. The van der Waals surface area contributed by atoms with Crippen LogP contribution in [0.2, 0.25) is 0 Å². The van der Waals surface area contributed by atoms with Crippen LogP contribution in [-0.2, 0) is 4.79 Å². The predicted molar refractivity (Wildman–Crippen MR) is 90.6 cm³/mol. The number of benzene rings is 1. The molecule has 114 valence electrons. The van der Waals surface area contributed by atoms with Gasteiger partial charge in [0.1, 0.15) is 0 Å². The third-order valence-corrected chi connectivity index (χ3v) is 4.38. The van der Waals surface area contributed by atoms with Crippen molar-refractivity contribution in [2.24, 2.45) is 16.1 Å². The molecule has 4 nitrogen and oxygen atoms in total. The van der Waals surface area contributed by atoms with E-state index < -0.39 is 0 Å². The van der Waals surface area contributed by atoms with E-state index in [0.29, 0.717) is 18.2 Å². The molecule has 1 fully saturated rings. The fourth-order valence-electron chi connectivity index (χ4n) is 3.10. The van der Waals surface area contributed by atoms with Crippen molar-refractivity contribution in [2.75, 3.05) is 11.4 Å². The molecule has 1 saturated carbocycles. The van der Waals surface area contributed by atoms with E-state index in [0.717, 1.165) is 29.8 Å². The van der Waals surface area contributed by atoms with Gasteiger partial charge in [-0.15, -0.1) is 11.7 Å². The molecule has 1 amide bonds. The van der Waals surface area contributed by atoms with E-state index in [9.17, 15) is 4.79 Å². The van der Waals surface area contributed by atoms with Gasteiger partial charge in [0.25, 0.3) is 5.91 Å². The lowest BCUT2D eigenvalue weighted by molar-refractivity contribution is -0.112. The Balaban J connectivity index is 1.96. The lowest BCUT2D eigenvalue weighted by Crippen LogP contribution is -2.30. The van der Waals surface area contributed by atoms with Crippen LogP contribution in [0.15, 0.2) is 47.1 Å². The largest absolute Gasteiger partial charge is 0.302 e. The fourth-order valence-corrected chi connectivity index (χ4v) is 3.10. The van der Waals surface area contributed by atoms with E-state index >= 15 is 0 Å². The molecule has 0 unspecified atom stereocenters. The highest BCUT2D eigenvalue weighted by Crippen LogP contribution is 2.29. The molecule has 22 heavy (non-hydrogen) atoms. The molecule has 1 heterocycles. The van der Waals surface area contributed by atoms with Gasteiger partial charge in [-0.3, -0.25) is 4.79 Å². The van der Waals surface area contributed by atoms with E-state index in [1.165, 1.54) is 12.8 Å². The summed E-state index contributed by atoms with van der Waals surface area (Å²) >= 11 is 0. The van der Waals surface area contributed by atoms with E-state index in [1.54, 1.807) is 11.0 Å². The molecule has 1 aliphatic carbocycles. The van der Waals surface area contributed by atoms with Crippen molar-refractivity contribution < 1.29 is 4.79 Å². The number of hydrogen-bond donors (Lipinski definition) is 0. The van der Waals surface area contributed by atoms with Crippen LogP contribution in [0.4, 0.5) is 5.69 Å². The average Bonchev–Trinajstić information content (AvgIpc) is 2.80. The first-order chi connectivity index (χ1) is 10.7. The summed E-state index contributed by atoms with van der Waals surface area (Å²) in [6, 6.07) is 7.73. The molecule has 4 heteroatoms. The number of amides is 1. The summed E-state index contributed by atoms with van der Waals surface area (Å²) in [4.78, 5) is 14.3. The molecule has 0 spiro atoms. The van der Waals surface area contributed by atoms with E-state index in [1.807, 2.05) is 24.3 Å². The Labute approximate surface area is 131 Å². The summed E-state index contributed by atoms with van der Waals surface area (Å²) < 4.78 is 0. The number of anilines is 1. The average molecular weight is 295 g/mol. The summed E-state index contributed by atoms with van der Waals surface area (Å²) in [6.45, 7) is 6.40. The van der Waals surface area contributed by atoms with Crippen molar-refractivity contribution in [2.45, 2.75) is 32.6 Å². The zero-order valence-corrected chi connectivity index (χ0v) is 13.0. The van der Waals surface area contributed by atoms with Gasteiger partial charge in [0.05, 0.1) is 5.69 Å². The first-order valence-electron chi connectivity index (χ1n) is 7.89. The van der Waals surface area contributed by atoms with Crippen LogP contribution in [0.5, 0.6) is 0 Å². The van der Waals surface area contributed by atoms with Gasteiger partial charge in [-0.1, -0.05) is 37.6 Å². The molecule has 1 aliphatic heterocycles. The molecule has 1 aromatic rings. The molecule has 1 aromatic carbocycles. The number of hydrogen-bond acceptors (Lipinski definition) is 3. The van der Waals surface area contributed by atoms with Crippen LogP contribution in [0.1, 0.15) is 38.2 Å². The lowest BCUT2D eigenvalue weighted by Gasteiger charge is -2.18. The minimum Gasteiger partial charge on any atom is -0.302 e. The smallest absolute Gasteiger partial charge is 0.279 e. The fraction of sp³-hybridized carbons (Fsp3) is 0.389. The third kappa shape index (κ3) is 2.61. The Morgan fingerprint density at radius 3 is 2.91 bits per heavy atom. The first kappa shape index (κ1) is 14.7. The lowest BCUT2D eigenvalue weighted by atomic mass is 9.89. The number of para-hydroxylation sites is 1. The summed E-state index contributed by atoms with van der Waals surface area (Å²) in [7, 11) is 0. The topological polar surface area (TPSA) is 45.0 Å². The highest BCUT2D eigenvalue weighted by atomic mass is 16.2. The predicted octanol–water partition coefficient (Wildman–Crippen LogP) is 3.57. The van der Waals surface area contributed by atoms with Crippen molar-refractivity contribution in [1.82, 2.24) is 0 Å². The van der Waals surface area contributed by atoms with Crippen LogP contribution in [0.25, 0.3) is 0 Å². The van der Waals surface area contributed by atoms with Crippen molar-refractivity contribution in [3.63, 3.8) is 0 Å². The second-order valence-electron chi connectivity index (χ2n) is 5.91. The maximum absolute atomic E-state index is 12.6. The highest BCUT2D eigenvalue weighted by Gasteiger charge is 2.33. The van der Waals surface area contributed by atoms with Gasteiger partial charge < -0.3 is 4.90 Å². The van der Waals surface area contributed by atoms with Gasteiger partial charge in [-0.25, -0.2) is 0 Å². The van der Waals surface area contributed by atoms with Crippen molar-refractivity contribution in [3.05, 3.63) is 42.5 Å². The van der Waals surface area contributed by atoms with Gasteiger partial charge in [0, 0.05) is 17.8 Å². The molecule has 2 aliphatic rings. The minimum absolute atomic E-state index is 0.0890. The standard InChI is InChI=1S/C18H21N3O/c1-3-12-21-16-11-7-5-9-14(16)17(18(21)22)20-19-15-10-6-4-8-13(15)2/h3,5,7,9,11,13H,1,4,6,8,10,12H2,2H3/b19-15+,20-17-/t13-/m0/s1. The zero-order valence-electron chi connectivity index (χ0n) is 13.0. The third-order valence-electron chi connectivity index (χ3n) is 4.38. The summed E-state index contributed by atoms with van der Waals surface area (Å²) in [5.41, 5.74) is 3.32. The Kier molecular flexibility index (Phi) is 4.18. The molecule has 0 N–H and O–H groups in total. The normalized spacial score (nSPS) is 24.9. The van der Waals surface area contributed by atoms with E-state index in [2.05, 4.69) is 23.7 Å². The number of carbonyl (C=O) groups is 1. The van der Waals surface area contributed by atoms with Crippen LogP contribution in [-0.4, -0.2) is 23.9 Å². The molecule has 3 rings (SSSR count). The van der Waals surface area contributed by atoms with Gasteiger partial charge in [0.15, 0.2) is 5.71 Å². The highest BCUT2D eigenvalue weighted by molar-refractivity contribution is 6.54. The molecule has 0 bridgehead atoms. The Morgan fingerprint density at radius 2 is 2.14 bits per heavy atom. The summed E-state index contributed by atoms with van der Waals surface area (Å²) in [5.74, 6) is 0.378. The van der Waals surface area contributed by atoms with Gasteiger partial charge >= 0.3 is 0 Å². The number of carbonyl (C=O) groups excluding carboxylic acids is 1. The van der Waals surface area contributed by atoms with Crippen molar-refractivity contribution >= 4 is 23.0 Å². The maximum Gasteiger partial charge on any atom is 0.279 e. The quantitative estimate of drug-likeness (QED) is 0.621. The zero-order chi connectivity index (χ0) is 15.5. The SMILES string of the molecule is C=CCN1C(=O)/C(=N\N=C2/CCCC[C@@H]2C)c2ccccc21. The van der Waals surface area contributed by atoms with Gasteiger partial charge in [-0.05, 0) is 31.2 Å². The molecular formula is C18H21N3O. The second kappa shape index (κ2) is 6.26. The number of nitrogens with zero attached hydrogens (tertiary/aromatic N) is 3. The second-order valence-corrected chi connectivity index (χ2v) is 5.91. The molecule has 0 aromatic heterocycles. The van der Waals surface area contributed by atoms with Crippen LogP contribution >= 0.6 is 0 Å². The Hall–Kier alpha value is -2.23. The Bertz CT molecular complexity index is 660. The maximum atomic E-state index is 12.6. The molecule has 0 radical (unpaired) electrons. The van der Waals surface area contributed by atoms with Crippen molar-refractivity contribution in [3.8, 4) is 0 Å². The van der Waals surface area contributed by atoms with Crippen LogP contribution < -0.4 is 4.90 Å². The van der Waals surface area contributed by atoms with Crippen LogP contribution in [0.3, 0.4) is 0 Å². The van der Waals surface area contributed by atoms with Crippen molar-refractivity contribution in [1.29, 1.82) is 0 Å². The number of fused-ring (bicyclic) bond motifs is 1. The molecule has 0 saturated heterocycles. The van der Waals surface area contributed by atoms with Gasteiger partial charge in [-0.2, -0.15) is 5.10 Å². The molecule has 1 atom stereocenters. The van der Waals surface area contributed by atoms with Crippen LogP contribution in [0, 0.1) is 5.92 Å². The minimum atomic E-state index is -0.0890. The molecular weight excluding hydrogens is 274 g/mol. The monoisotopic (exact) mass is 295 g/mol. The van der Waals surface area contributed by atoms with E-state index in [4.69, 9.17) is 0 Å². The Morgan fingerprint density at radius 1 is 1.32 bits per heavy atom. The van der Waals surface area contributed by atoms with Gasteiger partial charge in [0.2, 0.25) is 0 Å². The first-order valence-corrected chi connectivity index (χ1v) is 7.89. The van der Waals surface area contributed by atoms with E-state index in [-0.39, 0.29) is 5.91 Å².